The molecule has 5 heteroatoms. The summed E-state index contributed by atoms with van der Waals surface area (Å²) in [7, 11) is 3.95. The standard InChI is InChI=1S/C14H16Cl2N2S/c1-9(13-6-7-14(16)19-13)17-10-4-5-12(18(2)3)11(15)8-10/h4-9,17H,1-3H3. The molecule has 2 aromatic rings. The minimum Gasteiger partial charge on any atom is -0.378 e. The number of hydrogen-bond donors (Lipinski definition) is 1. The van der Waals surface area contributed by atoms with Crippen LogP contribution in [0.4, 0.5) is 11.4 Å². The fourth-order valence-corrected chi connectivity index (χ4v) is 3.25. The maximum atomic E-state index is 6.26. The summed E-state index contributed by atoms with van der Waals surface area (Å²) < 4.78 is 0.810. The average molecular weight is 315 g/mol. The van der Waals surface area contributed by atoms with Gasteiger partial charge in [-0.25, -0.2) is 0 Å². The first kappa shape index (κ1) is 14.5. The molecule has 0 fully saturated rings. The van der Waals surface area contributed by atoms with Crippen molar-refractivity contribution in [1.29, 1.82) is 0 Å². The molecule has 2 rings (SSSR count). The lowest BCUT2D eigenvalue weighted by Crippen LogP contribution is -2.10. The zero-order valence-corrected chi connectivity index (χ0v) is 13.4. The third-order valence-electron chi connectivity index (χ3n) is 2.83. The van der Waals surface area contributed by atoms with E-state index < -0.39 is 0 Å². The van der Waals surface area contributed by atoms with Crippen LogP contribution in [0.3, 0.4) is 0 Å². The summed E-state index contributed by atoms with van der Waals surface area (Å²) in [4.78, 5) is 3.20. The zero-order chi connectivity index (χ0) is 14.0. The third-order valence-corrected chi connectivity index (χ3v) is 4.55. The smallest absolute Gasteiger partial charge is 0.0932 e. The van der Waals surface area contributed by atoms with Crippen LogP contribution in [0.2, 0.25) is 9.36 Å². The van der Waals surface area contributed by atoms with Gasteiger partial charge in [0.2, 0.25) is 0 Å². The van der Waals surface area contributed by atoms with Gasteiger partial charge in [0, 0.05) is 24.7 Å². The normalized spacial score (nSPS) is 12.3. The molecule has 19 heavy (non-hydrogen) atoms. The van der Waals surface area contributed by atoms with Crippen LogP contribution >= 0.6 is 34.5 Å². The van der Waals surface area contributed by atoms with Gasteiger partial charge in [-0.15, -0.1) is 11.3 Å². The van der Waals surface area contributed by atoms with E-state index in [1.807, 2.05) is 49.3 Å². The topological polar surface area (TPSA) is 15.3 Å². The summed E-state index contributed by atoms with van der Waals surface area (Å²) in [6, 6.07) is 10.2. The van der Waals surface area contributed by atoms with Crippen LogP contribution in [0.5, 0.6) is 0 Å². The number of hydrogen-bond acceptors (Lipinski definition) is 3. The van der Waals surface area contributed by atoms with Crippen molar-refractivity contribution in [2.75, 3.05) is 24.3 Å². The highest BCUT2D eigenvalue weighted by Crippen LogP contribution is 2.32. The molecule has 0 aliphatic rings. The molecule has 0 radical (unpaired) electrons. The van der Waals surface area contributed by atoms with Gasteiger partial charge in [0.25, 0.3) is 0 Å². The Morgan fingerprint density at radius 3 is 2.42 bits per heavy atom. The number of thiophene rings is 1. The highest BCUT2D eigenvalue weighted by molar-refractivity contribution is 7.16. The van der Waals surface area contributed by atoms with Gasteiger partial charge in [0.1, 0.15) is 0 Å². The minimum absolute atomic E-state index is 0.207. The van der Waals surface area contributed by atoms with Crippen molar-refractivity contribution in [3.05, 3.63) is 44.6 Å². The van der Waals surface area contributed by atoms with Crippen molar-refractivity contribution >= 4 is 45.9 Å². The first-order chi connectivity index (χ1) is 8.97. The summed E-state index contributed by atoms with van der Waals surface area (Å²) in [5, 5.41) is 4.17. The molecule has 2 nitrogen and oxygen atoms in total. The molecule has 1 aromatic heterocycles. The molecular formula is C14H16Cl2N2S. The molecule has 1 atom stereocenters. The maximum Gasteiger partial charge on any atom is 0.0932 e. The van der Waals surface area contributed by atoms with Gasteiger partial charge >= 0.3 is 0 Å². The molecule has 0 aliphatic carbocycles. The molecule has 1 N–H and O–H groups in total. The van der Waals surface area contributed by atoms with Crippen LogP contribution in [-0.4, -0.2) is 14.1 Å². The molecule has 0 saturated heterocycles. The predicted octanol–water partition coefficient (Wildman–Crippen LogP) is 5.29. The first-order valence-corrected chi connectivity index (χ1v) is 7.53. The molecule has 0 spiro atoms. The second-order valence-electron chi connectivity index (χ2n) is 4.57. The number of rotatable bonds is 4. The molecular weight excluding hydrogens is 299 g/mol. The average Bonchev–Trinajstić information content (AvgIpc) is 2.75. The first-order valence-electron chi connectivity index (χ1n) is 5.96. The predicted molar refractivity (Wildman–Crippen MR) is 87.1 cm³/mol. The van der Waals surface area contributed by atoms with Crippen molar-refractivity contribution in [3.8, 4) is 0 Å². The van der Waals surface area contributed by atoms with Crippen LogP contribution in [0.25, 0.3) is 0 Å². The van der Waals surface area contributed by atoms with Gasteiger partial charge in [0.15, 0.2) is 0 Å². The Labute approximate surface area is 128 Å². The molecule has 1 unspecified atom stereocenters. The fraction of sp³-hybridized carbons (Fsp3) is 0.286. The van der Waals surface area contributed by atoms with E-state index in [1.54, 1.807) is 11.3 Å². The van der Waals surface area contributed by atoms with E-state index in [9.17, 15) is 0 Å². The summed E-state index contributed by atoms with van der Waals surface area (Å²) in [5.74, 6) is 0. The number of nitrogens with one attached hydrogen (secondary N) is 1. The molecule has 0 bridgehead atoms. The molecule has 0 aliphatic heterocycles. The zero-order valence-electron chi connectivity index (χ0n) is 11.1. The molecule has 102 valence electrons. The minimum atomic E-state index is 0.207. The second-order valence-corrected chi connectivity index (χ2v) is 6.72. The van der Waals surface area contributed by atoms with Gasteiger partial charge in [-0.3, -0.25) is 0 Å². The largest absolute Gasteiger partial charge is 0.378 e. The highest BCUT2D eigenvalue weighted by Gasteiger charge is 2.09. The van der Waals surface area contributed by atoms with Crippen LogP contribution in [0, 0.1) is 0 Å². The van der Waals surface area contributed by atoms with Crippen LogP contribution in [0.15, 0.2) is 30.3 Å². The highest BCUT2D eigenvalue weighted by atomic mass is 35.5. The SMILES string of the molecule is CC(Nc1ccc(N(C)C)c(Cl)c1)c1ccc(Cl)s1. The third kappa shape index (κ3) is 3.56. The Hall–Kier alpha value is -0.900. The maximum absolute atomic E-state index is 6.26. The molecule has 1 heterocycles. The van der Waals surface area contributed by atoms with Crippen molar-refractivity contribution in [2.24, 2.45) is 0 Å². The number of nitrogens with zero attached hydrogens (tertiary/aromatic N) is 1. The number of anilines is 2. The van der Waals surface area contributed by atoms with Gasteiger partial charge in [-0.05, 0) is 37.3 Å². The van der Waals surface area contributed by atoms with Gasteiger partial charge in [-0.2, -0.15) is 0 Å². The summed E-state index contributed by atoms with van der Waals surface area (Å²) in [6.45, 7) is 2.11. The van der Waals surface area contributed by atoms with Crippen LogP contribution < -0.4 is 10.2 Å². The molecule has 0 saturated carbocycles. The summed E-state index contributed by atoms with van der Waals surface area (Å²) in [5.41, 5.74) is 2.02. The molecule has 1 aromatic carbocycles. The van der Waals surface area contributed by atoms with Crippen molar-refractivity contribution in [1.82, 2.24) is 0 Å². The van der Waals surface area contributed by atoms with E-state index in [0.717, 1.165) is 20.7 Å². The number of benzene rings is 1. The Kier molecular flexibility index (Phi) is 4.61. The fourth-order valence-electron chi connectivity index (χ4n) is 1.84. The lowest BCUT2D eigenvalue weighted by atomic mass is 10.2. The summed E-state index contributed by atoms with van der Waals surface area (Å²) >= 11 is 13.8. The van der Waals surface area contributed by atoms with Crippen molar-refractivity contribution in [3.63, 3.8) is 0 Å². The van der Waals surface area contributed by atoms with Crippen LogP contribution in [-0.2, 0) is 0 Å². The Morgan fingerprint density at radius 2 is 1.89 bits per heavy atom. The van der Waals surface area contributed by atoms with E-state index >= 15 is 0 Å². The molecule has 0 amide bonds. The monoisotopic (exact) mass is 314 g/mol. The van der Waals surface area contributed by atoms with Gasteiger partial charge < -0.3 is 10.2 Å². The Balaban J connectivity index is 2.13. The van der Waals surface area contributed by atoms with Gasteiger partial charge in [0.05, 0.1) is 21.1 Å². The Morgan fingerprint density at radius 1 is 1.16 bits per heavy atom. The van der Waals surface area contributed by atoms with E-state index in [4.69, 9.17) is 23.2 Å². The summed E-state index contributed by atoms with van der Waals surface area (Å²) in [6.07, 6.45) is 0. The number of halogens is 2. The lowest BCUT2D eigenvalue weighted by Gasteiger charge is -2.18. The second kappa shape index (κ2) is 6.04. The van der Waals surface area contributed by atoms with E-state index in [0.29, 0.717) is 0 Å². The van der Waals surface area contributed by atoms with E-state index in [1.165, 1.54) is 4.88 Å². The van der Waals surface area contributed by atoms with E-state index in [-0.39, 0.29) is 6.04 Å². The van der Waals surface area contributed by atoms with Crippen LogP contribution in [0.1, 0.15) is 17.8 Å². The lowest BCUT2D eigenvalue weighted by molar-refractivity contribution is 0.908. The van der Waals surface area contributed by atoms with Crippen molar-refractivity contribution in [2.45, 2.75) is 13.0 Å². The quantitative estimate of drug-likeness (QED) is 0.824. The van der Waals surface area contributed by atoms with Crippen molar-refractivity contribution < 1.29 is 0 Å². The van der Waals surface area contributed by atoms with E-state index in [2.05, 4.69) is 12.2 Å². The van der Waals surface area contributed by atoms with Gasteiger partial charge in [-0.1, -0.05) is 23.2 Å². The Bertz CT molecular complexity index is 566.